The number of halogens is 1. The number of unbranched alkanes of at least 4 members (excludes halogenated alkanes) is 1. The summed E-state index contributed by atoms with van der Waals surface area (Å²) in [5, 5.41) is 3.86. The number of nitrogens with one attached hydrogen (secondary N) is 1. The van der Waals surface area contributed by atoms with E-state index in [0.29, 0.717) is 43.1 Å². The number of aryl methyl sites for hydroxylation is 1. The maximum absolute atomic E-state index is 13.0. The molecular formula is C21H25FN6O4. The predicted octanol–water partition coefficient (Wildman–Crippen LogP) is 2.09. The number of carbonyl (C=O) groups excluding carboxylic acids is 1. The zero-order valence-electron chi connectivity index (χ0n) is 17.9. The molecule has 0 bridgehead atoms. The van der Waals surface area contributed by atoms with E-state index in [1.54, 1.807) is 12.1 Å². The number of H-pyrrole nitrogens is 1. The third-order valence-electron chi connectivity index (χ3n) is 5.01. The summed E-state index contributed by atoms with van der Waals surface area (Å²) in [6, 6.07) is 5.70. The quantitative estimate of drug-likeness (QED) is 0.515. The number of nitrogens with zero attached hydrogens (tertiary/aromatic N) is 4. The van der Waals surface area contributed by atoms with E-state index in [0.717, 1.165) is 11.3 Å². The number of hydrogen-bond donors (Lipinski definition) is 2. The Hall–Kier alpha value is -3.76. The van der Waals surface area contributed by atoms with Crippen LogP contribution < -0.4 is 21.9 Å². The topological polar surface area (TPSA) is 140 Å². The number of amides is 1. The van der Waals surface area contributed by atoms with Gasteiger partial charge in [-0.1, -0.05) is 18.5 Å². The lowest BCUT2D eigenvalue weighted by molar-refractivity contribution is -0.118. The number of hydrogen-bond acceptors (Lipinski definition) is 7. The van der Waals surface area contributed by atoms with Gasteiger partial charge in [-0.05, 0) is 37.1 Å². The zero-order valence-corrected chi connectivity index (χ0v) is 17.9. The first-order chi connectivity index (χ1) is 15.3. The molecule has 0 saturated carbocycles. The highest BCUT2D eigenvalue weighted by molar-refractivity contribution is 5.94. The van der Waals surface area contributed by atoms with Gasteiger partial charge in [-0.25, -0.2) is 9.18 Å². The highest BCUT2D eigenvalue weighted by atomic mass is 19.1. The van der Waals surface area contributed by atoms with E-state index in [1.807, 2.05) is 6.92 Å². The van der Waals surface area contributed by atoms with E-state index in [2.05, 4.69) is 15.1 Å². The molecule has 1 aromatic carbocycles. The van der Waals surface area contributed by atoms with Crippen molar-refractivity contribution in [2.45, 2.75) is 45.6 Å². The van der Waals surface area contributed by atoms with E-state index >= 15 is 0 Å². The van der Waals surface area contributed by atoms with Gasteiger partial charge in [0.05, 0.1) is 0 Å². The summed E-state index contributed by atoms with van der Waals surface area (Å²) in [6.45, 7) is 2.32. The Morgan fingerprint density at radius 1 is 1.25 bits per heavy atom. The number of benzene rings is 1. The van der Waals surface area contributed by atoms with Crippen LogP contribution in [-0.4, -0.2) is 32.6 Å². The van der Waals surface area contributed by atoms with Gasteiger partial charge in [0.2, 0.25) is 17.6 Å². The standard InChI is InChI=1S/C21H25FN6O4/c1-3-4-12-28-18(23)17(20(30)25-21(28)31)27(2)16(29)7-5-6-15-24-19(26-32-15)13-8-10-14(22)11-9-13/h8-11H,3-7,12,23H2,1-2H3,(H,25,30,31). The van der Waals surface area contributed by atoms with Crippen LogP contribution in [0.15, 0.2) is 38.4 Å². The highest BCUT2D eigenvalue weighted by Crippen LogP contribution is 2.19. The summed E-state index contributed by atoms with van der Waals surface area (Å²) in [4.78, 5) is 44.6. The van der Waals surface area contributed by atoms with Gasteiger partial charge in [-0.2, -0.15) is 4.98 Å². The van der Waals surface area contributed by atoms with Gasteiger partial charge < -0.3 is 15.2 Å². The third-order valence-corrected chi connectivity index (χ3v) is 5.01. The fourth-order valence-corrected chi connectivity index (χ4v) is 3.20. The highest BCUT2D eigenvalue weighted by Gasteiger charge is 2.21. The molecule has 10 nitrogen and oxygen atoms in total. The van der Waals surface area contributed by atoms with E-state index in [9.17, 15) is 18.8 Å². The molecule has 3 N–H and O–H groups in total. The van der Waals surface area contributed by atoms with Gasteiger partial charge in [0.25, 0.3) is 5.56 Å². The first-order valence-electron chi connectivity index (χ1n) is 10.3. The van der Waals surface area contributed by atoms with E-state index < -0.39 is 11.2 Å². The molecule has 2 aromatic heterocycles. The predicted molar refractivity (Wildman–Crippen MR) is 117 cm³/mol. The minimum atomic E-state index is -0.711. The Morgan fingerprint density at radius 2 is 1.97 bits per heavy atom. The summed E-state index contributed by atoms with van der Waals surface area (Å²) in [5.41, 5.74) is 5.30. The van der Waals surface area contributed by atoms with Gasteiger partial charge in [0, 0.05) is 32.0 Å². The number of rotatable bonds is 9. The smallest absolute Gasteiger partial charge is 0.330 e. The van der Waals surface area contributed by atoms with E-state index in [-0.39, 0.29) is 29.7 Å². The van der Waals surface area contributed by atoms with Gasteiger partial charge in [-0.3, -0.25) is 19.1 Å². The summed E-state index contributed by atoms with van der Waals surface area (Å²) >= 11 is 0. The summed E-state index contributed by atoms with van der Waals surface area (Å²) in [6.07, 6.45) is 2.37. The maximum atomic E-state index is 13.0. The van der Waals surface area contributed by atoms with Gasteiger partial charge >= 0.3 is 5.69 Å². The number of carbonyl (C=O) groups is 1. The molecule has 3 aromatic rings. The monoisotopic (exact) mass is 444 g/mol. The second-order valence-electron chi connectivity index (χ2n) is 7.32. The third kappa shape index (κ3) is 5.10. The fraction of sp³-hybridized carbons (Fsp3) is 0.381. The average Bonchev–Trinajstić information content (AvgIpc) is 3.22. The van der Waals surface area contributed by atoms with E-state index in [1.165, 1.54) is 23.7 Å². The van der Waals surface area contributed by atoms with Crippen molar-refractivity contribution < 1.29 is 13.7 Å². The molecule has 0 atom stereocenters. The molecule has 0 saturated heterocycles. The molecule has 32 heavy (non-hydrogen) atoms. The number of anilines is 2. The van der Waals surface area contributed by atoms with Crippen molar-refractivity contribution in [3.63, 3.8) is 0 Å². The molecule has 0 fully saturated rings. The summed E-state index contributed by atoms with van der Waals surface area (Å²) in [7, 11) is 1.44. The molecule has 0 aliphatic carbocycles. The normalized spacial score (nSPS) is 11.0. The molecule has 2 heterocycles. The van der Waals surface area contributed by atoms with Crippen LogP contribution >= 0.6 is 0 Å². The van der Waals surface area contributed by atoms with Gasteiger partial charge in [0.15, 0.2) is 5.69 Å². The van der Waals surface area contributed by atoms with Crippen LogP contribution in [0.2, 0.25) is 0 Å². The van der Waals surface area contributed by atoms with Crippen LogP contribution in [0.25, 0.3) is 11.4 Å². The molecule has 0 unspecified atom stereocenters. The summed E-state index contributed by atoms with van der Waals surface area (Å²) in [5.74, 6) is -0.0762. The Morgan fingerprint density at radius 3 is 2.66 bits per heavy atom. The largest absolute Gasteiger partial charge is 0.383 e. The van der Waals surface area contributed by atoms with Crippen LogP contribution in [0.1, 0.15) is 38.5 Å². The number of aromatic nitrogens is 4. The first kappa shape index (κ1) is 22.9. The van der Waals surface area contributed by atoms with Crippen molar-refractivity contribution in [1.29, 1.82) is 0 Å². The van der Waals surface area contributed by atoms with E-state index in [4.69, 9.17) is 10.3 Å². The Labute approximate surface area is 182 Å². The summed E-state index contributed by atoms with van der Waals surface area (Å²) < 4.78 is 19.5. The van der Waals surface area contributed by atoms with Crippen LogP contribution in [0.5, 0.6) is 0 Å². The second-order valence-corrected chi connectivity index (χ2v) is 7.32. The Bertz CT molecular complexity index is 1200. The minimum absolute atomic E-state index is 0.0381. The minimum Gasteiger partial charge on any atom is -0.383 e. The molecule has 1 amide bonds. The van der Waals surface area contributed by atoms with Crippen molar-refractivity contribution >= 4 is 17.4 Å². The maximum Gasteiger partial charge on any atom is 0.330 e. The Balaban J connectivity index is 1.64. The van der Waals surface area contributed by atoms with Crippen LogP contribution in [0.3, 0.4) is 0 Å². The molecule has 170 valence electrons. The average molecular weight is 444 g/mol. The number of nitrogen functional groups attached to an aromatic ring is 1. The van der Waals surface area contributed by atoms with Crippen molar-refractivity contribution in [2.75, 3.05) is 17.7 Å². The molecule has 0 aliphatic heterocycles. The lowest BCUT2D eigenvalue weighted by Gasteiger charge is -2.20. The fourth-order valence-electron chi connectivity index (χ4n) is 3.20. The number of nitrogens with two attached hydrogens (primary N) is 1. The van der Waals surface area contributed by atoms with Crippen molar-refractivity contribution in [3.05, 3.63) is 56.8 Å². The first-order valence-corrected chi connectivity index (χ1v) is 10.3. The molecule has 11 heteroatoms. The van der Waals surface area contributed by atoms with Crippen LogP contribution in [0, 0.1) is 5.82 Å². The molecular weight excluding hydrogens is 419 g/mol. The van der Waals surface area contributed by atoms with Gasteiger partial charge in [0.1, 0.15) is 11.6 Å². The SMILES string of the molecule is CCCCn1c(N)c(N(C)C(=O)CCCc2nc(-c3ccc(F)cc3)no2)c(=O)[nH]c1=O. The van der Waals surface area contributed by atoms with Crippen LogP contribution in [-0.2, 0) is 17.8 Å². The molecule has 0 radical (unpaired) electrons. The molecule has 0 spiro atoms. The van der Waals surface area contributed by atoms with Crippen molar-refractivity contribution in [1.82, 2.24) is 19.7 Å². The second kappa shape index (κ2) is 10.0. The molecule has 0 aliphatic rings. The lowest BCUT2D eigenvalue weighted by Crippen LogP contribution is -2.39. The lowest BCUT2D eigenvalue weighted by atomic mass is 10.2. The van der Waals surface area contributed by atoms with Crippen LogP contribution in [0.4, 0.5) is 15.9 Å². The van der Waals surface area contributed by atoms with Crippen molar-refractivity contribution in [3.8, 4) is 11.4 Å². The van der Waals surface area contributed by atoms with Crippen molar-refractivity contribution in [2.24, 2.45) is 0 Å². The molecule has 3 rings (SSSR count). The zero-order chi connectivity index (χ0) is 23.3. The number of aromatic amines is 1. The van der Waals surface area contributed by atoms with Gasteiger partial charge in [-0.15, -0.1) is 0 Å². The Kier molecular flexibility index (Phi) is 7.18.